The predicted molar refractivity (Wildman–Crippen MR) is 153 cm³/mol. The molecule has 1 amide bonds. The summed E-state index contributed by atoms with van der Waals surface area (Å²) in [5.41, 5.74) is -3.78. The number of aromatic amines is 1. The van der Waals surface area contributed by atoms with E-state index >= 15 is 0 Å². The molecule has 1 fully saturated rings. The lowest BCUT2D eigenvalue weighted by molar-refractivity contribution is -0.282. The van der Waals surface area contributed by atoms with E-state index < -0.39 is 90.4 Å². The van der Waals surface area contributed by atoms with E-state index in [1.165, 1.54) is 6.92 Å². The van der Waals surface area contributed by atoms with Gasteiger partial charge in [0.05, 0.1) is 13.2 Å². The highest BCUT2D eigenvalue weighted by molar-refractivity contribution is 5.82. The molecule has 1 aliphatic rings. The highest BCUT2D eigenvalue weighted by Crippen LogP contribution is 2.41. The molecule has 46 heavy (non-hydrogen) atoms. The minimum absolute atomic E-state index is 0.000907. The Labute approximate surface area is 261 Å². The van der Waals surface area contributed by atoms with Crippen molar-refractivity contribution in [1.29, 1.82) is 0 Å². The lowest BCUT2D eigenvalue weighted by atomic mass is 9.79. The van der Waals surface area contributed by atoms with Gasteiger partial charge in [-0.25, -0.2) is 14.4 Å². The van der Waals surface area contributed by atoms with Gasteiger partial charge < -0.3 is 38.8 Å². The number of carbonyl (C=O) groups is 5. The number of benzene rings is 1. The number of hydrogen-bond donors (Lipinski definition) is 3. The van der Waals surface area contributed by atoms with Gasteiger partial charge >= 0.3 is 35.7 Å². The van der Waals surface area contributed by atoms with Crippen molar-refractivity contribution >= 4 is 30.0 Å². The zero-order valence-corrected chi connectivity index (χ0v) is 25.7. The van der Waals surface area contributed by atoms with E-state index in [2.05, 4.69) is 10.3 Å². The molecule has 0 unspecified atom stereocenters. The number of aliphatic hydroxyl groups is 1. The van der Waals surface area contributed by atoms with Crippen molar-refractivity contribution in [3.63, 3.8) is 0 Å². The van der Waals surface area contributed by atoms with Crippen LogP contribution in [0.1, 0.15) is 44.5 Å². The summed E-state index contributed by atoms with van der Waals surface area (Å²) >= 11 is 0. The van der Waals surface area contributed by atoms with E-state index in [9.17, 15) is 38.7 Å². The maximum Gasteiger partial charge on any atom is 0.408 e. The fourth-order valence-corrected chi connectivity index (χ4v) is 4.82. The lowest BCUT2D eigenvalue weighted by Crippen LogP contribution is -2.68. The molecular formula is C29H35N3O14. The van der Waals surface area contributed by atoms with E-state index in [0.29, 0.717) is 5.56 Å². The van der Waals surface area contributed by atoms with E-state index in [-0.39, 0.29) is 12.2 Å². The van der Waals surface area contributed by atoms with Crippen LogP contribution in [0, 0.1) is 6.92 Å². The monoisotopic (exact) mass is 649 g/mol. The van der Waals surface area contributed by atoms with Crippen LogP contribution >= 0.6 is 0 Å². The van der Waals surface area contributed by atoms with Crippen LogP contribution in [0.25, 0.3) is 0 Å². The van der Waals surface area contributed by atoms with Crippen LogP contribution in [0.2, 0.25) is 0 Å². The Morgan fingerprint density at radius 1 is 1.07 bits per heavy atom. The number of hydrogen-bond acceptors (Lipinski definition) is 14. The zero-order valence-electron chi connectivity index (χ0n) is 25.7. The van der Waals surface area contributed by atoms with Crippen LogP contribution in [-0.4, -0.2) is 88.3 Å². The summed E-state index contributed by atoms with van der Waals surface area (Å²) < 4.78 is 32.7. The molecular weight excluding hydrogens is 614 g/mol. The molecule has 1 saturated heterocycles. The third kappa shape index (κ3) is 8.79. The molecule has 3 N–H and O–H groups in total. The molecule has 1 aromatic carbocycles. The minimum atomic E-state index is -2.58. The first-order valence-corrected chi connectivity index (χ1v) is 13.9. The van der Waals surface area contributed by atoms with E-state index in [1.807, 2.05) is 0 Å². The van der Waals surface area contributed by atoms with Gasteiger partial charge in [0.2, 0.25) is 0 Å². The molecule has 3 rings (SSSR count). The number of nitrogens with zero attached hydrogens (tertiary/aromatic N) is 1. The summed E-state index contributed by atoms with van der Waals surface area (Å²) in [6.07, 6.45) is -7.92. The number of esters is 4. The summed E-state index contributed by atoms with van der Waals surface area (Å²) in [7, 11) is 1.01. The maximum absolute atomic E-state index is 13.1. The topological polar surface area (TPSA) is 228 Å². The highest BCUT2D eigenvalue weighted by atomic mass is 16.6. The second-order valence-electron chi connectivity index (χ2n) is 10.4. The molecule has 1 aliphatic heterocycles. The second-order valence-corrected chi connectivity index (χ2v) is 10.4. The van der Waals surface area contributed by atoms with Crippen LogP contribution in [-0.2, 0) is 54.2 Å². The molecule has 0 bridgehead atoms. The second kappa shape index (κ2) is 15.3. The van der Waals surface area contributed by atoms with Crippen molar-refractivity contribution in [1.82, 2.24) is 14.9 Å². The smallest absolute Gasteiger partial charge is 0.408 e. The van der Waals surface area contributed by atoms with Crippen molar-refractivity contribution in [3.8, 4) is 0 Å². The van der Waals surface area contributed by atoms with Crippen molar-refractivity contribution in [3.05, 3.63) is 68.5 Å². The Balaban J connectivity index is 2.15. The first-order chi connectivity index (χ1) is 21.7. The fourth-order valence-electron chi connectivity index (χ4n) is 4.82. The van der Waals surface area contributed by atoms with Gasteiger partial charge in [-0.15, -0.1) is 0 Å². The number of aryl methyl sites for hydroxylation is 1. The number of aromatic nitrogens is 2. The average Bonchev–Trinajstić information content (AvgIpc) is 2.99. The zero-order chi connectivity index (χ0) is 34.2. The SMILES string of the molecule is COC(=O)[C@@H](NC(=O)OCc1ccccc1)[C@@H]1C[C@@](O)([C@H](COC(C)=O)OC(C)=O)[C@@H](OC(C)=O)[C@H](n2cc(C)c(=O)[nH]c2=O)O1. The molecule has 2 heterocycles. The van der Waals surface area contributed by atoms with E-state index in [4.69, 9.17) is 28.4 Å². The van der Waals surface area contributed by atoms with E-state index in [0.717, 1.165) is 38.6 Å². The van der Waals surface area contributed by atoms with Gasteiger partial charge in [-0.3, -0.25) is 28.7 Å². The maximum atomic E-state index is 13.1. The number of rotatable bonds is 11. The molecule has 0 saturated carbocycles. The quantitative estimate of drug-likeness (QED) is 0.211. The first-order valence-electron chi connectivity index (χ1n) is 13.9. The highest BCUT2D eigenvalue weighted by Gasteiger charge is 2.60. The normalized spacial score (nSPS) is 22.0. The van der Waals surface area contributed by atoms with Crippen LogP contribution < -0.4 is 16.6 Å². The average molecular weight is 650 g/mol. The largest absolute Gasteiger partial charge is 0.467 e. The number of nitrogens with one attached hydrogen (secondary N) is 2. The number of alkyl carbamates (subject to hydrolysis) is 1. The summed E-state index contributed by atoms with van der Waals surface area (Å²) in [5.74, 6) is -3.84. The molecule has 6 atom stereocenters. The fraction of sp³-hybridized carbons (Fsp3) is 0.483. The first kappa shape index (κ1) is 35.4. The number of amides is 1. The van der Waals surface area contributed by atoms with Crippen LogP contribution in [0.15, 0.2) is 46.1 Å². The Morgan fingerprint density at radius 3 is 2.33 bits per heavy atom. The molecule has 17 nitrogen and oxygen atoms in total. The van der Waals surface area contributed by atoms with Crippen molar-refractivity contribution in [2.45, 2.75) is 76.9 Å². The molecule has 0 spiro atoms. The van der Waals surface area contributed by atoms with E-state index in [1.54, 1.807) is 30.3 Å². The molecule has 2 aromatic rings. The molecule has 0 aliphatic carbocycles. The van der Waals surface area contributed by atoms with Crippen LogP contribution in [0.4, 0.5) is 4.79 Å². The molecule has 0 radical (unpaired) electrons. The summed E-state index contributed by atoms with van der Waals surface area (Å²) in [4.78, 5) is 89.3. The van der Waals surface area contributed by atoms with Crippen LogP contribution in [0.3, 0.4) is 0 Å². The Kier molecular flexibility index (Phi) is 11.8. The number of carbonyl (C=O) groups excluding carboxylic acids is 5. The van der Waals surface area contributed by atoms with Crippen molar-refractivity contribution < 1.29 is 57.5 Å². The summed E-state index contributed by atoms with van der Waals surface area (Å²) in [5, 5.41) is 14.6. The molecule has 1 aromatic heterocycles. The van der Waals surface area contributed by atoms with Gasteiger partial charge in [-0.05, 0) is 12.5 Å². The van der Waals surface area contributed by atoms with Crippen molar-refractivity contribution in [2.75, 3.05) is 13.7 Å². The predicted octanol–water partition coefficient (Wildman–Crippen LogP) is -0.242. The van der Waals surface area contributed by atoms with Gasteiger partial charge in [0.1, 0.15) is 18.8 Å². The standard InChI is InChI=1S/C29H35N3O14/c1-15-12-32(27(38)31-24(15)36)25-23(45-18(4)35)29(40,21(44-17(3)34)14-42-16(2)33)11-20(46-25)22(26(37)41-5)30-28(39)43-13-19-9-7-6-8-10-19/h6-10,12,20-23,25,40H,11,13-14H2,1-5H3,(H,30,39)(H,31,36,38)/t20-,21-,22-,23-,25+,29+/m0/s1. The van der Waals surface area contributed by atoms with Gasteiger partial charge in [0, 0.05) is 39.0 Å². The Morgan fingerprint density at radius 2 is 1.74 bits per heavy atom. The Hall–Kier alpha value is -5.03. The summed E-state index contributed by atoms with van der Waals surface area (Å²) in [6.45, 7) is 3.43. The summed E-state index contributed by atoms with van der Waals surface area (Å²) in [6, 6.07) is 6.85. The third-order valence-corrected chi connectivity index (χ3v) is 6.92. The lowest BCUT2D eigenvalue weighted by Gasteiger charge is -2.49. The Bertz CT molecular complexity index is 1550. The number of methoxy groups -OCH3 is 1. The molecule has 17 heteroatoms. The van der Waals surface area contributed by atoms with Crippen molar-refractivity contribution in [2.24, 2.45) is 0 Å². The van der Waals surface area contributed by atoms with Crippen LogP contribution in [0.5, 0.6) is 0 Å². The third-order valence-electron chi connectivity index (χ3n) is 6.92. The van der Waals surface area contributed by atoms with Gasteiger partial charge in [-0.1, -0.05) is 30.3 Å². The van der Waals surface area contributed by atoms with Gasteiger partial charge in [0.15, 0.2) is 24.5 Å². The number of H-pyrrole nitrogens is 1. The van der Waals surface area contributed by atoms with Gasteiger partial charge in [-0.2, -0.15) is 0 Å². The number of ether oxygens (including phenoxy) is 6. The molecule has 250 valence electrons. The van der Waals surface area contributed by atoms with Gasteiger partial charge in [0.25, 0.3) is 5.56 Å². The minimum Gasteiger partial charge on any atom is -0.467 e.